The van der Waals surface area contributed by atoms with Crippen molar-refractivity contribution in [3.05, 3.63) is 53.6 Å². The third-order valence-corrected chi connectivity index (χ3v) is 6.37. The fourth-order valence-electron chi connectivity index (χ4n) is 3.30. The molecule has 1 atom stereocenters. The van der Waals surface area contributed by atoms with Crippen LogP contribution < -0.4 is 10.2 Å². The first kappa shape index (κ1) is 21.3. The zero-order chi connectivity index (χ0) is 21.8. The molecule has 1 fully saturated rings. The van der Waals surface area contributed by atoms with E-state index < -0.39 is 0 Å². The van der Waals surface area contributed by atoms with Gasteiger partial charge in [0.1, 0.15) is 0 Å². The first-order valence-corrected chi connectivity index (χ1v) is 11.2. The summed E-state index contributed by atoms with van der Waals surface area (Å²) in [6, 6.07) is 14.0. The number of benzene rings is 2. The normalized spacial score (nSPS) is 15.0. The Kier molecular flexibility index (Phi) is 6.53. The highest BCUT2D eigenvalue weighted by Crippen LogP contribution is 2.25. The number of carbonyl (C=O) groups excluding carboxylic acids is 1. The number of amides is 1. The van der Waals surface area contributed by atoms with Gasteiger partial charge in [-0.25, -0.2) is 0 Å². The molecule has 1 aromatic heterocycles. The maximum absolute atomic E-state index is 12.7. The monoisotopic (exact) mass is 438 g/mol. The number of carbonyl (C=O) groups is 1. The summed E-state index contributed by atoms with van der Waals surface area (Å²) < 4.78 is 7.06. The molecule has 1 N–H and O–H groups in total. The number of nitrogens with zero attached hydrogens (tertiary/aromatic N) is 5. The van der Waals surface area contributed by atoms with Gasteiger partial charge in [-0.05, 0) is 78.7 Å². The quantitative estimate of drug-likeness (QED) is 0.592. The van der Waals surface area contributed by atoms with Crippen molar-refractivity contribution in [1.82, 2.24) is 20.2 Å². The van der Waals surface area contributed by atoms with Crippen LogP contribution in [0.15, 0.2) is 47.6 Å². The van der Waals surface area contributed by atoms with Crippen LogP contribution in [0.1, 0.15) is 18.1 Å². The average molecular weight is 439 g/mol. The lowest BCUT2D eigenvalue weighted by Crippen LogP contribution is -2.36. The maximum atomic E-state index is 12.7. The summed E-state index contributed by atoms with van der Waals surface area (Å²) in [4.78, 5) is 15.0. The summed E-state index contributed by atoms with van der Waals surface area (Å²) in [5.41, 5.74) is 5.15. The molecule has 0 saturated carbocycles. The number of nitrogens with one attached hydrogen (secondary N) is 1. The lowest BCUT2D eigenvalue weighted by molar-refractivity contribution is -0.115. The van der Waals surface area contributed by atoms with Gasteiger partial charge in [0, 0.05) is 24.5 Å². The number of thioether (sulfide) groups is 1. The van der Waals surface area contributed by atoms with Crippen molar-refractivity contribution in [2.75, 3.05) is 36.5 Å². The van der Waals surface area contributed by atoms with Gasteiger partial charge in [0.2, 0.25) is 11.1 Å². The van der Waals surface area contributed by atoms with Crippen molar-refractivity contribution >= 4 is 29.0 Å². The minimum absolute atomic E-state index is 0.0984. The molecule has 1 aliphatic heterocycles. The SMILES string of the molecule is Cc1ccc(-n2nnnc2S[C@@H](C)C(=O)Nc2ccc(N3CCOCC3)cc2)cc1C. The van der Waals surface area contributed by atoms with E-state index in [1.54, 1.807) is 4.68 Å². The number of rotatable bonds is 6. The molecule has 0 aliphatic carbocycles. The fraction of sp³-hybridized carbons (Fsp3) is 0.364. The first-order chi connectivity index (χ1) is 15.0. The molecule has 31 heavy (non-hydrogen) atoms. The standard InChI is InChI=1S/C22H26N6O2S/c1-15-4-7-20(14-16(15)2)28-22(24-25-26-28)31-17(3)21(29)23-18-5-8-19(9-6-18)27-10-12-30-13-11-27/h4-9,14,17H,10-13H2,1-3H3,(H,23,29)/t17-/m0/s1. The molecule has 0 spiro atoms. The lowest BCUT2D eigenvalue weighted by atomic mass is 10.1. The summed E-state index contributed by atoms with van der Waals surface area (Å²) in [5.74, 6) is -0.0984. The molecule has 0 unspecified atom stereocenters. The van der Waals surface area contributed by atoms with E-state index >= 15 is 0 Å². The Morgan fingerprint density at radius 1 is 1.06 bits per heavy atom. The molecule has 2 heterocycles. The van der Waals surface area contributed by atoms with E-state index in [9.17, 15) is 4.79 Å². The van der Waals surface area contributed by atoms with Gasteiger partial charge in [-0.3, -0.25) is 4.79 Å². The zero-order valence-corrected chi connectivity index (χ0v) is 18.7. The number of aromatic nitrogens is 4. The maximum Gasteiger partial charge on any atom is 0.237 e. The van der Waals surface area contributed by atoms with Crippen LogP contribution in [-0.2, 0) is 9.53 Å². The van der Waals surface area contributed by atoms with Gasteiger partial charge in [0.25, 0.3) is 0 Å². The van der Waals surface area contributed by atoms with Crippen molar-refractivity contribution in [3.8, 4) is 5.69 Å². The molecular formula is C22H26N6O2S. The van der Waals surface area contributed by atoms with E-state index in [-0.39, 0.29) is 11.2 Å². The second kappa shape index (κ2) is 9.49. The number of morpholine rings is 1. The van der Waals surface area contributed by atoms with Crippen LogP contribution in [-0.4, -0.2) is 57.7 Å². The van der Waals surface area contributed by atoms with E-state index in [4.69, 9.17) is 4.74 Å². The molecule has 162 valence electrons. The average Bonchev–Trinajstić information content (AvgIpc) is 3.25. The molecule has 2 aromatic carbocycles. The number of ether oxygens (including phenoxy) is 1. The molecule has 1 saturated heterocycles. The lowest BCUT2D eigenvalue weighted by Gasteiger charge is -2.28. The van der Waals surface area contributed by atoms with Gasteiger partial charge in [0.05, 0.1) is 24.2 Å². The van der Waals surface area contributed by atoms with Crippen LogP contribution in [0.5, 0.6) is 0 Å². The molecule has 3 aromatic rings. The van der Waals surface area contributed by atoms with E-state index in [2.05, 4.69) is 39.6 Å². The van der Waals surface area contributed by atoms with E-state index in [0.717, 1.165) is 48.9 Å². The van der Waals surface area contributed by atoms with Crippen molar-refractivity contribution in [2.45, 2.75) is 31.2 Å². The second-order valence-electron chi connectivity index (χ2n) is 7.54. The van der Waals surface area contributed by atoms with E-state index in [0.29, 0.717) is 5.16 Å². The van der Waals surface area contributed by atoms with Crippen molar-refractivity contribution < 1.29 is 9.53 Å². The molecule has 0 bridgehead atoms. The van der Waals surface area contributed by atoms with Crippen molar-refractivity contribution in [2.24, 2.45) is 0 Å². The van der Waals surface area contributed by atoms with Gasteiger partial charge in [-0.15, -0.1) is 5.10 Å². The summed E-state index contributed by atoms with van der Waals surface area (Å²) in [6.45, 7) is 9.22. The van der Waals surface area contributed by atoms with E-state index in [1.807, 2.05) is 49.4 Å². The number of anilines is 2. The number of hydrogen-bond acceptors (Lipinski definition) is 7. The smallest absolute Gasteiger partial charge is 0.237 e. The fourth-order valence-corrected chi connectivity index (χ4v) is 4.11. The third kappa shape index (κ3) is 5.05. The molecular weight excluding hydrogens is 412 g/mol. The minimum Gasteiger partial charge on any atom is -0.378 e. The van der Waals surface area contributed by atoms with Crippen LogP contribution in [0, 0.1) is 13.8 Å². The van der Waals surface area contributed by atoms with Crippen LogP contribution in [0.25, 0.3) is 5.69 Å². The summed E-state index contributed by atoms with van der Waals surface area (Å²) >= 11 is 1.33. The zero-order valence-electron chi connectivity index (χ0n) is 17.9. The van der Waals surface area contributed by atoms with Crippen molar-refractivity contribution in [1.29, 1.82) is 0 Å². The molecule has 8 nitrogen and oxygen atoms in total. The van der Waals surface area contributed by atoms with Gasteiger partial charge < -0.3 is 15.0 Å². The molecule has 0 radical (unpaired) electrons. The highest BCUT2D eigenvalue weighted by molar-refractivity contribution is 8.00. The second-order valence-corrected chi connectivity index (χ2v) is 8.85. The Hall–Kier alpha value is -2.91. The topological polar surface area (TPSA) is 85.2 Å². The Morgan fingerprint density at radius 3 is 2.48 bits per heavy atom. The first-order valence-electron chi connectivity index (χ1n) is 10.3. The van der Waals surface area contributed by atoms with Crippen LogP contribution in [0.3, 0.4) is 0 Å². The van der Waals surface area contributed by atoms with Gasteiger partial charge in [-0.2, -0.15) is 4.68 Å². The number of tetrazole rings is 1. The summed E-state index contributed by atoms with van der Waals surface area (Å²) in [7, 11) is 0. The number of aryl methyl sites for hydroxylation is 2. The molecule has 9 heteroatoms. The van der Waals surface area contributed by atoms with E-state index in [1.165, 1.54) is 17.3 Å². The number of hydrogen-bond donors (Lipinski definition) is 1. The molecule has 4 rings (SSSR count). The predicted molar refractivity (Wildman–Crippen MR) is 122 cm³/mol. The van der Waals surface area contributed by atoms with Gasteiger partial charge in [0.15, 0.2) is 0 Å². The predicted octanol–water partition coefficient (Wildman–Crippen LogP) is 3.24. The van der Waals surface area contributed by atoms with Crippen LogP contribution in [0.4, 0.5) is 11.4 Å². The Morgan fingerprint density at radius 2 is 1.77 bits per heavy atom. The minimum atomic E-state index is -0.366. The summed E-state index contributed by atoms with van der Waals surface area (Å²) in [5, 5.41) is 15.2. The highest BCUT2D eigenvalue weighted by atomic mass is 32.2. The third-order valence-electron chi connectivity index (χ3n) is 5.34. The van der Waals surface area contributed by atoms with Crippen LogP contribution in [0.2, 0.25) is 0 Å². The highest BCUT2D eigenvalue weighted by Gasteiger charge is 2.20. The Bertz CT molecular complexity index is 1050. The van der Waals surface area contributed by atoms with Crippen LogP contribution >= 0.6 is 11.8 Å². The Balaban J connectivity index is 1.39. The van der Waals surface area contributed by atoms with Crippen molar-refractivity contribution in [3.63, 3.8) is 0 Å². The summed E-state index contributed by atoms with van der Waals surface area (Å²) in [6.07, 6.45) is 0. The molecule has 1 aliphatic rings. The van der Waals surface area contributed by atoms with Gasteiger partial charge in [-0.1, -0.05) is 17.8 Å². The van der Waals surface area contributed by atoms with Gasteiger partial charge >= 0.3 is 0 Å². The molecule has 1 amide bonds. The Labute approximate surface area is 186 Å². The largest absolute Gasteiger partial charge is 0.378 e.